The van der Waals surface area contributed by atoms with Crippen LogP contribution in [-0.2, 0) is 0 Å². The van der Waals surface area contributed by atoms with Gasteiger partial charge < -0.3 is 24.4 Å². The fourth-order valence-electron chi connectivity index (χ4n) is 2.93. The minimum absolute atomic E-state index is 0.00803. The SMILES string of the molecule is COc1cc(OC)c([N+](=O)[O-])c(C(=O)NCCN2CCCC2)c1OC. The number of nitrogens with one attached hydrogen (secondary N) is 1. The average Bonchev–Trinajstić information content (AvgIpc) is 3.12. The third kappa shape index (κ3) is 4.11. The van der Waals surface area contributed by atoms with Crippen molar-refractivity contribution in [3.05, 3.63) is 21.7 Å². The summed E-state index contributed by atoms with van der Waals surface area (Å²) in [5.41, 5.74) is -0.649. The standard InChI is InChI=1S/C16H23N3O6/c1-23-11-10-12(24-2)15(25-3)13(14(11)19(21)22)16(20)17-6-9-18-7-4-5-8-18/h10H,4-9H2,1-3H3,(H,17,20). The lowest BCUT2D eigenvalue weighted by atomic mass is 10.1. The van der Waals surface area contributed by atoms with E-state index in [4.69, 9.17) is 14.2 Å². The summed E-state index contributed by atoms with van der Waals surface area (Å²) in [4.78, 5) is 25.7. The van der Waals surface area contributed by atoms with Crippen LogP contribution in [0.15, 0.2) is 6.07 Å². The van der Waals surface area contributed by atoms with Crippen LogP contribution < -0.4 is 19.5 Å². The Labute approximate surface area is 146 Å². The third-order valence-electron chi connectivity index (χ3n) is 4.15. The summed E-state index contributed by atoms with van der Waals surface area (Å²) in [6, 6.07) is 1.33. The summed E-state index contributed by atoms with van der Waals surface area (Å²) >= 11 is 0. The molecule has 9 heteroatoms. The lowest BCUT2D eigenvalue weighted by Crippen LogP contribution is -2.34. The normalized spacial score (nSPS) is 14.2. The average molecular weight is 353 g/mol. The molecular weight excluding hydrogens is 330 g/mol. The van der Waals surface area contributed by atoms with E-state index in [2.05, 4.69) is 10.2 Å². The van der Waals surface area contributed by atoms with Gasteiger partial charge >= 0.3 is 5.69 Å². The van der Waals surface area contributed by atoms with Crippen molar-refractivity contribution in [3.8, 4) is 17.2 Å². The Morgan fingerprint density at radius 2 is 1.84 bits per heavy atom. The molecule has 1 aromatic rings. The van der Waals surface area contributed by atoms with Gasteiger partial charge in [-0.05, 0) is 25.9 Å². The summed E-state index contributed by atoms with van der Waals surface area (Å²) in [6.07, 6.45) is 2.31. The number of nitro groups is 1. The molecule has 0 atom stereocenters. The number of carbonyl (C=O) groups is 1. The summed E-state index contributed by atoms with van der Waals surface area (Å²) < 4.78 is 15.4. The molecule has 0 bridgehead atoms. The Kier molecular flexibility index (Phi) is 6.40. The number of carbonyl (C=O) groups excluding carboxylic acids is 1. The number of rotatable bonds is 8. The Morgan fingerprint density at radius 1 is 1.20 bits per heavy atom. The van der Waals surface area contributed by atoms with Crippen molar-refractivity contribution < 1.29 is 23.9 Å². The van der Waals surface area contributed by atoms with Crippen LogP contribution >= 0.6 is 0 Å². The molecule has 1 saturated heterocycles. The van der Waals surface area contributed by atoms with E-state index in [1.165, 1.54) is 27.4 Å². The molecule has 1 aliphatic heterocycles. The Morgan fingerprint density at radius 3 is 2.36 bits per heavy atom. The van der Waals surface area contributed by atoms with Crippen molar-refractivity contribution in [1.29, 1.82) is 0 Å². The fourth-order valence-corrected chi connectivity index (χ4v) is 2.93. The van der Waals surface area contributed by atoms with Gasteiger partial charge in [-0.3, -0.25) is 14.9 Å². The molecule has 138 valence electrons. The van der Waals surface area contributed by atoms with E-state index in [9.17, 15) is 14.9 Å². The largest absolute Gasteiger partial charge is 0.493 e. The summed E-state index contributed by atoms with van der Waals surface area (Å²) in [7, 11) is 4.01. The van der Waals surface area contributed by atoms with Crippen molar-refractivity contribution in [2.24, 2.45) is 0 Å². The van der Waals surface area contributed by atoms with Crippen LogP contribution in [0.2, 0.25) is 0 Å². The maximum absolute atomic E-state index is 12.6. The van der Waals surface area contributed by atoms with Gasteiger partial charge in [0.25, 0.3) is 5.91 Å². The van der Waals surface area contributed by atoms with Crippen molar-refractivity contribution in [1.82, 2.24) is 10.2 Å². The zero-order valence-corrected chi connectivity index (χ0v) is 14.7. The second kappa shape index (κ2) is 8.52. The number of ether oxygens (including phenoxy) is 3. The van der Waals surface area contributed by atoms with E-state index in [1.807, 2.05) is 0 Å². The molecule has 0 saturated carbocycles. The maximum atomic E-state index is 12.6. The van der Waals surface area contributed by atoms with Gasteiger partial charge in [-0.15, -0.1) is 0 Å². The first-order valence-corrected chi connectivity index (χ1v) is 8.01. The number of hydrogen-bond acceptors (Lipinski definition) is 7. The zero-order valence-electron chi connectivity index (χ0n) is 14.7. The molecular formula is C16H23N3O6. The Balaban J connectivity index is 2.31. The quantitative estimate of drug-likeness (QED) is 0.557. The number of benzene rings is 1. The molecule has 25 heavy (non-hydrogen) atoms. The molecule has 1 aliphatic rings. The molecule has 0 radical (unpaired) electrons. The van der Waals surface area contributed by atoms with Crippen LogP contribution in [-0.4, -0.2) is 63.2 Å². The van der Waals surface area contributed by atoms with E-state index in [0.717, 1.165) is 25.9 Å². The Bertz CT molecular complexity index is 643. The molecule has 1 fully saturated rings. The van der Waals surface area contributed by atoms with Gasteiger partial charge in [-0.25, -0.2) is 0 Å². The van der Waals surface area contributed by atoms with Gasteiger partial charge in [0.05, 0.1) is 26.3 Å². The van der Waals surface area contributed by atoms with Gasteiger partial charge in [-0.1, -0.05) is 0 Å². The van der Waals surface area contributed by atoms with Crippen molar-refractivity contribution in [2.75, 3.05) is 47.5 Å². The van der Waals surface area contributed by atoms with E-state index in [0.29, 0.717) is 13.1 Å². The van der Waals surface area contributed by atoms with E-state index >= 15 is 0 Å². The van der Waals surface area contributed by atoms with Gasteiger partial charge in [0.1, 0.15) is 0 Å². The number of likely N-dealkylation sites (tertiary alicyclic amines) is 1. The smallest absolute Gasteiger partial charge is 0.327 e. The predicted octanol–water partition coefficient (Wildman–Crippen LogP) is 1.45. The Hall–Kier alpha value is -2.55. The van der Waals surface area contributed by atoms with Crippen LogP contribution in [0.4, 0.5) is 5.69 Å². The van der Waals surface area contributed by atoms with Crippen molar-refractivity contribution >= 4 is 11.6 Å². The molecule has 9 nitrogen and oxygen atoms in total. The lowest BCUT2D eigenvalue weighted by molar-refractivity contribution is -0.386. The first kappa shape index (κ1) is 18.8. The number of methoxy groups -OCH3 is 3. The topological polar surface area (TPSA) is 103 Å². The second-order valence-electron chi connectivity index (χ2n) is 5.60. The number of nitro benzene ring substituents is 1. The first-order valence-electron chi connectivity index (χ1n) is 8.01. The van der Waals surface area contributed by atoms with Gasteiger partial charge in [0.15, 0.2) is 17.1 Å². The van der Waals surface area contributed by atoms with Crippen LogP contribution in [0.25, 0.3) is 0 Å². The molecule has 1 heterocycles. The highest BCUT2D eigenvalue weighted by molar-refractivity contribution is 6.03. The molecule has 2 rings (SSSR count). The summed E-state index contributed by atoms with van der Waals surface area (Å²) in [5, 5.41) is 14.2. The van der Waals surface area contributed by atoms with Gasteiger partial charge in [-0.2, -0.15) is 0 Å². The highest BCUT2D eigenvalue weighted by atomic mass is 16.6. The van der Waals surface area contributed by atoms with Crippen molar-refractivity contribution in [2.45, 2.75) is 12.8 Å². The molecule has 1 aromatic carbocycles. The monoisotopic (exact) mass is 353 g/mol. The minimum atomic E-state index is -0.657. The zero-order chi connectivity index (χ0) is 18.4. The van der Waals surface area contributed by atoms with Crippen LogP contribution in [0, 0.1) is 10.1 Å². The van der Waals surface area contributed by atoms with E-state index in [1.54, 1.807) is 0 Å². The number of hydrogen-bond donors (Lipinski definition) is 1. The highest BCUT2D eigenvalue weighted by Crippen LogP contribution is 2.43. The van der Waals surface area contributed by atoms with Crippen LogP contribution in [0.1, 0.15) is 23.2 Å². The molecule has 0 spiro atoms. The molecule has 1 amide bonds. The van der Waals surface area contributed by atoms with Gasteiger partial charge in [0.2, 0.25) is 5.75 Å². The lowest BCUT2D eigenvalue weighted by Gasteiger charge is -2.17. The van der Waals surface area contributed by atoms with E-state index < -0.39 is 16.5 Å². The van der Waals surface area contributed by atoms with Crippen molar-refractivity contribution in [3.63, 3.8) is 0 Å². The number of nitrogens with zero attached hydrogens (tertiary/aromatic N) is 2. The van der Waals surface area contributed by atoms with Crippen LogP contribution in [0.5, 0.6) is 17.2 Å². The minimum Gasteiger partial charge on any atom is -0.493 e. The fraction of sp³-hybridized carbons (Fsp3) is 0.562. The predicted molar refractivity (Wildman–Crippen MR) is 90.8 cm³/mol. The number of amides is 1. The van der Waals surface area contributed by atoms with Gasteiger partial charge in [0, 0.05) is 19.2 Å². The summed E-state index contributed by atoms with van der Waals surface area (Å²) in [6.45, 7) is 3.10. The molecule has 0 aliphatic carbocycles. The maximum Gasteiger partial charge on any atom is 0.327 e. The van der Waals surface area contributed by atoms with Crippen LogP contribution in [0.3, 0.4) is 0 Å². The first-order chi connectivity index (χ1) is 12.0. The molecule has 0 aromatic heterocycles. The highest BCUT2D eigenvalue weighted by Gasteiger charge is 2.33. The molecule has 0 unspecified atom stereocenters. The second-order valence-corrected chi connectivity index (χ2v) is 5.60. The third-order valence-corrected chi connectivity index (χ3v) is 4.15. The van der Waals surface area contributed by atoms with E-state index in [-0.39, 0.29) is 22.8 Å². The summed E-state index contributed by atoms with van der Waals surface area (Å²) in [5.74, 6) is -0.462. The molecule has 1 N–H and O–H groups in total.